The van der Waals surface area contributed by atoms with Crippen molar-refractivity contribution in [2.75, 3.05) is 0 Å². The molecule has 0 amide bonds. The smallest absolute Gasteiger partial charge is 0.507 e. The van der Waals surface area contributed by atoms with E-state index in [2.05, 4.69) is 226 Å². The number of carbonyl (C=O) groups excluding carboxylic acids is 1. The zero-order valence-corrected chi connectivity index (χ0v) is 70.5. The molecule has 0 fully saturated rings. The molecule has 4 aliphatic rings. The van der Waals surface area contributed by atoms with Gasteiger partial charge in [0.25, 0.3) is 8.05 Å². The van der Waals surface area contributed by atoms with Crippen molar-refractivity contribution in [2.45, 2.75) is 11.0 Å². The van der Waals surface area contributed by atoms with Gasteiger partial charge in [-0.2, -0.15) is 0 Å². The summed E-state index contributed by atoms with van der Waals surface area (Å²) < 4.78 is 27.2. The Morgan fingerprint density at radius 3 is 0.919 bits per heavy atom. The van der Waals surface area contributed by atoms with Crippen LogP contribution in [0.2, 0.25) is 0 Å². The molecule has 586 valence electrons. The van der Waals surface area contributed by atoms with Gasteiger partial charge >= 0.3 is 1.43 Å². The fourth-order valence-electron chi connectivity index (χ4n) is 18.8. The van der Waals surface area contributed by atoms with Gasteiger partial charge in [0.05, 0.1) is 10.8 Å². The topological polar surface area (TPSA) is 130 Å². The van der Waals surface area contributed by atoms with Crippen LogP contribution >= 0.6 is 47.8 Å². The molecule has 26 rings (SSSR count). The molecular formula is C111H71BBr3O8+. The van der Waals surface area contributed by atoms with Gasteiger partial charge in [-0.3, -0.25) is 4.79 Å². The minimum Gasteiger partial charge on any atom is -0.507 e. The van der Waals surface area contributed by atoms with Gasteiger partial charge in [-0.15, -0.1) is 0 Å². The summed E-state index contributed by atoms with van der Waals surface area (Å²) in [5, 5.41) is 37.4. The van der Waals surface area contributed by atoms with Crippen LogP contribution in [0, 0.1) is 0 Å². The first kappa shape index (κ1) is 77.7. The van der Waals surface area contributed by atoms with Gasteiger partial charge in [0.15, 0.2) is 5.78 Å². The van der Waals surface area contributed by atoms with E-state index >= 15 is 0 Å². The van der Waals surface area contributed by atoms with Crippen LogP contribution in [-0.2, 0) is 11.0 Å². The number of benzene rings is 18. The molecule has 8 nitrogen and oxygen atoms in total. The van der Waals surface area contributed by atoms with E-state index in [4.69, 9.17) is 22.7 Å². The molecule has 1 spiro atoms. The van der Waals surface area contributed by atoms with Crippen LogP contribution in [0.25, 0.3) is 155 Å². The number of phenols is 1. The number of halogens is 3. The van der Waals surface area contributed by atoms with Gasteiger partial charge in [-0.05, 0) is 194 Å². The van der Waals surface area contributed by atoms with Crippen LogP contribution in [0.4, 0.5) is 0 Å². The Labute approximate surface area is 736 Å². The maximum absolute atomic E-state index is 12.5. The number of furan rings is 4. The standard InChI is InChI=1S/C31H20O2.C31H18O.C18H11BrO.C13H8O.C12H8O2.C6H4Br2.BHO/c32-31(25-15-5-1-10-20(25)21-11-2-6-16-26(21)31)27-17-7-3-12-22(27)23-14-9-19-29-30(23)24-13-4-8-18-28(24)33-29;1-5-13-23-19(9-1)20-10-2-6-14-24(20)31(23)25-15-7-3-11-21(25)29-26(31)17-18-28-30(29)22-12-4-8-16-27(22)32-28;19-15-9-3-1-6-12(15)13-8-5-11-17-18(13)14-7-2-4-10-16(14)20-17;14-13-11-7-3-1-5-9(11)10-6-2-4-8-12(10)13;13-9-5-3-7-11-12(9)8-4-1-2-6-10(8)14-11;7-5-3-1-2-4-6(5)8;1-2/h1-19,32H;1-18H;1-11H;1-8H;1-7,13H;1-4H;2H/p+1. The van der Waals surface area contributed by atoms with E-state index in [1.807, 2.05) is 224 Å². The fourth-order valence-corrected chi connectivity index (χ4v) is 19.9. The van der Waals surface area contributed by atoms with E-state index in [-0.39, 0.29) is 18.4 Å². The first-order valence-electron chi connectivity index (χ1n) is 40.3. The summed E-state index contributed by atoms with van der Waals surface area (Å²) in [6.07, 6.45) is 0. The second-order valence-electron chi connectivity index (χ2n) is 30.3. The molecule has 4 aromatic heterocycles. The molecule has 0 aliphatic heterocycles. The van der Waals surface area contributed by atoms with Gasteiger partial charge in [0, 0.05) is 78.9 Å². The number of carbonyl (C=O) groups is 1. The van der Waals surface area contributed by atoms with Crippen LogP contribution in [0.3, 0.4) is 0 Å². The Morgan fingerprint density at radius 2 is 0.496 bits per heavy atom. The zero-order chi connectivity index (χ0) is 83.5. The second-order valence-corrected chi connectivity index (χ2v) is 32.9. The summed E-state index contributed by atoms with van der Waals surface area (Å²) in [7, 11) is 3.50. The van der Waals surface area contributed by atoms with Crippen molar-refractivity contribution in [2.24, 2.45) is 0 Å². The lowest BCUT2D eigenvalue weighted by molar-refractivity contribution is 0.104. The Morgan fingerprint density at radius 1 is 0.228 bits per heavy atom. The molecule has 0 bridgehead atoms. The van der Waals surface area contributed by atoms with E-state index in [1.165, 1.54) is 71.8 Å². The van der Waals surface area contributed by atoms with Crippen LogP contribution in [-0.4, -0.2) is 29.1 Å². The zero-order valence-electron chi connectivity index (χ0n) is 66.8. The minimum absolute atomic E-state index is 0. The first-order valence-corrected chi connectivity index (χ1v) is 42.7. The molecule has 123 heavy (non-hydrogen) atoms. The fraction of sp³-hybridized carbons (Fsp3) is 0.0180. The molecular weight excluding hydrogens is 1710 g/mol. The monoisotopic (exact) mass is 1780 g/mol. The number of aromatic hydroxyl groups is 1. The van der Waals surface area contributed by atoms with Crippen molar-refractivity contribution < 1.29 is 39.1 Å². The Kier molecular flexibility index (Phi) is 20.5. The third-order valence-corrected chi connectivity index (χ3v) is 26.4. The van der Waals surface area contributed by atoms with Gasteiger partial charge in [-0.25, -0.2) is 0 Å². The molecule has 4 heterocycles. The first-order chi connectivity index (χ1) is 60.5. The van der Waals surface area contributed by atoms with Gasteiger partial charge in [-0.1, -0.05) is 350 Å². The molecule has 18 aromatic carbocycles. The van der Waals surface area contributed by atoms with Crippen molar-refractivity contribution in [3.63, 3.8) is 0 Å². The van der Waals surface area contributed by atoms with Crippen molar-refractivity contribution in [1.82, 2.24) is 0 Å². The molecule has 3 N–H and O–H groups in total. The molecule has 0 unspecified atom stereocenters. The van der Waals surface area contributed by atoms with E-state index in [0.29, 0.717) is 0 Å². The predicted molar refractivity (Wildman–Crippen MR) is 512 cm³/mol. The number of para-hydroxylation sites is 4. The van der Waals surface area contributed by atoms with Crippen molar-refractivity contribution in [1.29, 1.82) is 0 Å². The van der Waals surface area contributed by atoms with Crippen molar-refractivity contribution >= 4 is 149 Å². The Bertz CT molecular complexity index is 7730. The highest BCUT2D eigenvalue weighted by Crippen LogP contribution is 2.64. The average Bonchev–Trinajstić information content (AvgIpc) is 1.50. The number of hydrogen-bond acceptors (Lipinski definition) is 8. The lowest BCUT2D eigenvalue weighted by Crippen LogP contribution is -2.27. The number of phenolic OH excluding ortho intramolecular Hbond substituents is 1. The lowest BCUT2D eigenvalue weighted by Gasteiger charge is -2.30. The van der Waals surface area contributed by atoms with Gasteiger partial charge in [0.1, 0.15) is 56.0 Å². The Balaban J connectivity index is 0.000000102. The minimum atomic E-state index is -1.24. The van der Waals surface area contributed by atoms with Crippen LogP contribution < -0.4 is 0 Å². The Hall–Kier alpha value is -13.9. The number of fused-ring (bicyclic) bond motifs is 29. The van der Waals surface area contributed by atoms with E-state index in [1.54, 1.807) is 12.1 Å². The van der Waals surface area contributed by atoms with Crippen LogP contribution in [0.5, 0.6) is 5.75 Å². The van der Waals surface area contributed by atoms with Crippen molar-refractivity contribution in [3.05, 3.63) is 470 Å². The summed E-state index contributed by atoms with van der Waals surface area (Å²) >= 11 is 10.3. The maximum atomic E-state index is 12.5. The molecule has 0 saturated carbocycles. The van der Waals surface area contributed by atoms with Crippen LogP contribution in [0.1, 0.15) is 56.3 Å². The van der Waals surface area contributed by atoms with E-state index in [9.17, 15) is 15.0 Å². The van der Waals surface area contributed by atoms with Crippen LogP contribution in [0.15, 0.2) is 438 Å². The quantitative estimate of drug-likeness (QED) is 0.149. The summed E-state index contributed by atoms with van der Waals surface area (Å²) in [6, 6.07) is 138. The molecule has 0 saturated heterocycles. The number of hydrogen-bond donors (Lipinski definition) is 3. The number of aliphatic hydroxyl groups is 1. The molecule has 2 radical (unpaired) electrons. The number of rotatable bonds is 3. The second kappa shape index (κ2) is 32.5. The number of ketones is 1. The summed E-state index contributed by atoms with van der Waals surface area (Å²) in [4.78, 5) is 11.9. The SMILES string of the molecule is Brc1ccccc1-c1cccc2oc3ccccc3c12.Brc1ccccc1Br.O=C1c2ccccc2-c2ccccc21.OC1(c2ccccc2-c2cccc3oc4ccccc4c23)c2ccccc2-c2ccccc21.Oc1cccc2oc3ccccc3c12.[B]O.[H+].c1ccc2c(c1)-c1ccccc1C21c2ccccc2-c2c1ccc1oc3ccccc3c21. The highest BCUT2D eigenvalue weighted by molar-refractivity contribution is 9.13. The summed E-state index contributed by atoms with van der Waals surface area (Å²) in [5.41, 5.74) is 29.3. The highest BCUT2D eigenvalue weighted by atomic mass is 79.9. The highest BCUT2D eigenvalue weighted by Gasteiger charge is 2.52. The van der Waals surface area contributed by atoms with Gasteiger partial charge < -0.3 is 32.9 Å². The normalized spacial score (nSPS) is 12.6. The molecule has 0 atom stereocenters. The average molecular weight is 1780 g/mol. The molecule has 12 heteroatoms. The summed E-state index contributed by atoms with van der Waals surface area (Å²) in [6.45, 7) is 0. The van der Waals surface area contributed by atoms with E-state index in [0.717, 1.165) is 146 Å². The third kappa shape index (κ3) is 13.1. The molecule has 22 aromatic rings. The van der Waals surface area contributed by atoms with Gasteiger partial charge in [0.2, 0.25) is 0 Å². The largest absolute Gasteiger partial charge is 1.00 e. The summed E-state index contributed by atoms with van der Waals surface area (Å²) in [5.74, 6) is 0.420. The predicted octanol–water partition coefficient (Wildman–Crippen LogP) is 30.0. The third-order valence-electron chi connectivity index (χ3n) is 23.8. The van der Waals surface area contributed by atoms with E-state index < -0.39 is 5.60 Å². The maximum Gasteiger partial charge on any atom is 1.00 e. The molecule has 4 aliphatic carbocycles. The lowest BCUT2D eigenvalue weighted by atomic mass is 9.70. The van der Waals surface area contributed by atoms with Crippen molar-refractivity contribution in [3.8, 4) is 72.5 Å².